The number of unbranched alkanes of at least 4 members (excludes halogenated alkanes) is 1. The van der Waals surface area contributed by atoms with Gasteiger partial charge in [0.05, 0.1) is 4.08 Å². The SMILES string of the molecule is CCCCC(S)(S)CC. The molecule has 0 aromatic heterocycles. The van der Waals surface area contributed by atoms with Crippen molar-refractivity contribution in [1.29, 1.82) is 0 Å². The van der Waals surface area contributed by atoms with Crippen LogP contribution in [0.2, 0.25) is 0 Å². The van der Waals surface area contributed by atoms with Crippen molar-refractivity contribution in [3.8, 4) is 0 Å². The Morgan fingerprint density at radius 1 is 1.22 bits per heavy atom. The fraction of sp³-hybridized carbons (Fsp3) is 1.00. The molecule has 0 saturated carbocycles. The molecule has 0 unspecified atom stereocenters. The zero-order valence-electron chi connectivity index (χ0n) is 6.22. The number of rotatable bonds is 4. The van der Waals surface area contributed by atoms with E-state index in [0.29, 0.717) is 0 Å². The molecular weight excluding hydrogens is 148 g/mol. The van der Waals surface area contributed by atoms with Gasteiger partial charge in [-0.25, -0.2) is 0 Å². The Kier molecular flexibility index (Phi) is 4.86. The first-order valence-corrected chi connectivity index (χ1v) is 4.46. The van der Waals surface area contributed by atoms with E-state index in [1.807, 2.05) is 0 Å². The Balaban J connectivity index is 3.33. The van der Waals surface area contributed by atoms with Crippen LogP contribution in [0, 0.1) is 0 Å². The standard InChI is InChI=1S/C7H16S2/c1-3-5-6-7(8,9)4-2/h8-9H,3-6H2,1-2H3. The molecule has 0 heterocycles. The summed E-state index contributed by atoms with van der Waals surface area (Å²) in [6.07, 6.45) is 4.63. The topological polar surface area (TPSA) is 0 Å². The summed E-state index contributed by atoms with van der Waals surface area (Å²) < 4.78 is -0.0178. The number of thiol groups is 2. The van der Waals surface area contributed by atoms with Gasteiger partial charge in [0.15, 0.2) is 0 Å². The molecule has 0 N–H and O–H groups in total. The van der Waals surface area contributed by atoms with E-state index in [-0.39, 0.29) is 4.08 Å². The van der Waals surface area contributed by atoms with Crippen molar-refractivity contribution >= 4 is 25.3 Å². The van der Waals surface area contributed by atoms with Crippen LogP contribution in [0.1, 0.15) is 39.5 Å². The van der Waals surface area contributed by atoms with E-state index in [1.165, 1.54) is 12.8 Å². The Morgan fingerprint density at radius 2 is 1.78 bits per heavy atom. The molecule has 0 aliphatic carbocycles. The highest BCUT2D eigenvalue weighted by Crippen LogP contribution is 2.29. The molecule has 0 radical (unpaired) electrons. The molecule has 0 bridgehead atoms. The molecule has 0 aliphatic rings. The predicted octanol–water partition coefficient (Wildman–Crippen LogP) is 3.14. The minimum Gasteiger partial charge on any atom is -0.162 e. The second-order valence-electron chi connectivity index (χ2n) is 2.44. The van der Waals surface area contributed by atoms with Crippen LogP contribution in [-0.2, 0) is 0 Å². The van der Waals surface area contributed by atoms with Gasteiger partial charge in [0.1, 0.15) is 0 Å². The third-order valence-electron chi connectivity index (χ3n) is 1.50. The molecule has 2 heteroatoms. The van der Waals surface area contributed by atoms with Gasteiger partial charge in [0, 0.05) is 0 Å². The quantitative estimate of drug-likeness (QED) is 0.463. The Morgan fingerprint density at radius 3 is 2.11 bits per heavy atom. The summed E-state index contributed by atoms with van der Waals surface area (Å²) >= 11 is 8.77. The van der Waals surface area contributed by atoms with Gasteiger partial charge in [-0.1, -0.05) is 26.7 Å². The lowest BCUT2D eigenvalue weighted by Gasteiger charge is -2.19. The first-order valence-electron chi connectivity index (χ1n) is 3.57. The van der Waals surface area contributed by atoms with Crippen molar-refractivity contribution in [1.82, 2.24) is 0 Å². The van der Waals surface area contributed by atoms with Gasteiger partial charge in [0.2, 0.25) is 0 Å². The van der Waals surface area contributed by atoms with Crippen LogP contribution in [0.25, 0.3) is 0 Å². The average Bonchev–Trinajstić information content (AvgIpc) is 1.84. The van der Waals surface area contributed by atoms with Crippen molar-refractivity contribution < 1.29 is 0 Å². The molecule has 0 atom stereocenters. The summed E-state index contributed by atoms with van der Waals surface area (Å²) in [5.74, 6) is 0. The highest BCUT2D eigenvalue weighted by atomic mass is 32.2. The van der Waals surface area contributed by atoms with Gasteiger partial charge in [-0.05, 0) is 12.8 Å². The Hall–Kier alpha value is 0.700. The zero-order valence-corrected chi connectivity index (χ0v) is 8.01. The summed E-state index contributed by atoms with van der Waals surface area (Å²) in [5, 5.41) is 0. The van der Waals surface area contributed by atoms with Gasteiger partial charge in [-0.15, -0.1) is 0 Å². The maximum absolute atomic E-state index is 4.38. The van der Waals surface area contributed by atoms with E-state index in [1.54, 1.807) is 0 Å². The van der Waals surface area contributed by atoms with Crippen LogP contribution >= 0.6 is 25.3 Å². The molecule has 0 spiro atoms. The van der Waals surface area contributed by atoms with Crippen LogP contribution in [-0.4, -0.2) is 4.08 Å². The predicted molar refractivity (Wildman–Crippen MR) is 50.5 cm³/mol. The Labute approximate surface area is 69.2 Å². The first-order chi connectivity index (χ1) is 4.12. The van der Waals surface area contributed by atoms with Crippen molar-refractivity contribution in [2.75, 3.05) is 0 Å². The molecule has 0 nitrogen and oxygen atoms in total. The third-order valence-corrected chi connectivity index (χ3v) is 2.58. The summed E-state index contributed by atoms with van der Waals surface area (Å²) in [6.45, 7) is 4.31. The fourth-order valence-corrected chi connectivity index (χ4v) is 0.953. The van der Waals surface area contributed by atoms with Crippen LogP contribution in [0.5, 0.6) is 0 Å². The molecule has 0 aromatic carbocycles. The summed E-state index contributed by atoms with van der Waals surface area (Å²) in [6, 6.07) is 0. The van der Waals surface area contributed by atoms with E-state index < -0.39 is 0 Å². The summed E-state index contributed by atoms with van der Waals surface area (Å²) in [5.41, 5.74) is 0. The van der Waals surface area contributed by atoms with Gasteiger partial charge in [0.25, 0.3) is 0 Å². The molecule has 9 heavy (non-hydrogen) atoms. The lowest BCUT2D eigenvalue weighted by atomic mass is 10.1. The molecule has 0 fully saturated rings. The van der Waals surface area contributed by atoms with E-state index in [0.717, 1.165) is 12.8 Å². The van der Waals surface area contributed by atoms with Crippen LogP contribution in [0.15, 0.2) is 0 Å². The third kappa shape index (κ3) is 5.16. The molecule has 0 aromatic rings. The minimum absolute atomic E-state index is 0.0178. The van der Waals surface area contributed by atoms with Crippen molar-refractivity contribution in [2.24, 2.45) is 0 Å². The van der Waals surface area contributed by atoms with Crippen molar-refractivity contribution in [3.05, 3.63) is 0 Å². The van der Waals surface area contributed by atoms with Crippen LogP contribution in [0.4, 0.5) is 0 Å². The van der Waals surface area contributed by atoms with Gasteiger partial charge in [-0.3, -0.25) is 0 Å². The van der Waals surface area contributed by atoms with E-state index in [2.05, 4.69) is 39.1 Å². The van der Waals surface area contributed by atoms with E-state index >= 15 is 0 Å². The number of hydrogen-bond donors (Lipinski definition) is 2. The molecule has 0 aliphatic heterocycles. The molecule has 0 rings (SSSR count). The van der Waals surface area contributed by atoms with Crippen LogP contribution in [0.3, 0.4) is 0 Å². The molecule has 0 saturated heterocycles. The van der Waals surface area contributed by atoms with Gasteiger partial charge in [-0.2, -0.15) is 25.3 Å². The van der Waals surface area contributed by atoms with E-state index in [4.69, 9.17) is 0 Å². The van der Waals surface area contributed by atoms with Crippen molar-refractivity contribution in [3.63, 3.8) is 0 Å². The minimum atomic E-state index is -0.0178. The lowest BCUT2D eigenvalue weighted by Crippen LogP contribution is -2.10. The maximum atomic E-state index is 4.38. The Bertz CT molecular complexity index is 69.3. The molecule has 0 amide bonds. The maximum Gasteiger partial charge on any atom is 0.0549 e. The fourth-order valence-electron chi connectivity index (χ4n) is 0.637. The van der Waals surface area contributed by atoms with Crippen molar-refractivity contribution in [2.45, 2.75) is 43.6 Å². The number of hydrogen-bond acceptors (Lipinski definition) is 2. The highest BCUT2D eigenvalue weighted by Gasteiger charge is 2.15. The smallest absolute Gasteiger partial charge is 0.0549 e. The second-order valence-corrected chi connectivity index (χ2v) is 4.50. The van der Waals surface area contributed by atoms with Gasteiger partial charge < -0.3 is 0 Å². The lowest BCUT2D eigenvalue weighted by molar-refractivity contribution is 0.643. The van der Waals surface area contributed by atoms with Gasteiger partial charge >= 0.3 is 0 Å². The zero-order chi connectivity index (χ0) is 7.33. The monoisotopic (exact) mass is 164 g/mol. The normalized spacial score (nSPS) is 12.0. The van der Waals surface area contributed by atoms with Crippen LogP contribution < -0.4 is 0 Å². The summed E-state index contributed by atoms with van der Waals surface area (Å²) in [7, 11) is 0. The molecule has 56 valence electrons. The average molecular weight is 164 g/mol. The first kappa shape index (κ1) is 9.70. The molecular formula is C7H16S2. The summed E-state index contributed by atoms with van der Waals surface area (Å²) in [4.78, 5) is 0. The second kappa shape index (κ2) is 4.51. The highest BCUT2D eigenvalue weighted by molar-refractivity contribution is 8.00. The van der Waals surface area contributed by atoms with E-state index in [9.17, 15) is 0 Å². The largest absolute Gasteiger partial charge is 0.162 e.